The molecule has 220 valence electrons. The molecule has 11 rings (SSSR count). The average Bonchev–Trinajstić information content (AvgIpc) is 3.81. The van der Waals surface area contributed by atoms with Crippen LogP contribution in [0, 0.1) is 0 Å². The van der Waals surface area contributed by atoms with Gasteiger partial charge in [0.1, 0.15) is 16.9 Å². The topological polar surface area (TPSA) is 36.1 Å². The van der Waals surface area contributed by atoms with Gasteiger partial charge in [-0.3, -0.25) is 0 Å². The third kappa shape index (κ3) is 3.26. The lowest BCUT2D eigenvalue weighted by Gasteiger charge is -2.14. The normalized spacial score (nSPS) is 13.3. The van der Waals surface area contributed by atoms with Gasteiger partial charge in [0.05, 0.1) is 38.8 Å². The van der Waals surface area contributed by atoms with Crippen LogP contribution < -0.4 is 0 Å². The third-order valence-electron chi connectivity index (χ3n) is 9.92. The molecule has 0 bridgehead atoms. The lowest BCUT2D eigenvalue weighted by molar-refractivity contribution is 0.601. The predicted octanol–water partition coefficient (Wildman–Crippen LogP) is 12.0. The van der Waals surface area contributed by atoms with Crippen molar-refractivity contribution in [3.63, 3.8) is 0 Å². The molecule has 0 unspecified atom stereocenters. The first-order valence-corrected chi connectivity index (χ1v) is 16.1. The second-order valence-corrected chi connectivity index (χ2v) is 12.4. The minimum absolute atomic E-state index is 0.870. The number of nitrogens with zero attached hydrogens (tertiary/aromatic N) is 2. The molecule has 0 aliphatic heterocycles. The van der Waals surface area contributed by atoms with Crippen LogP contribution in [0.1, 0.15) is 17.7 Å². The van der Waals surface area contributed by atoms with Crippen molar-refractivity contribution in [2.75, 3.05) is 0 Å². The Morgan fingerprint density at radius 1 is 0.447 bits per heavy atom. The van der Waals surface area contributed by atoms with E-state index in [-0.39, 0.29) is 0 Å². The summed E-state index contributed by atoms with van der Waals surface area (Å²) in [5, 5.41) is 8.05. The number of furan rings is 2. The number of fused-ring (bicyclic) bond motifs is 13. The van der Waals surface area contributed by atoms with E-state index < -0.39 is 0 Å². The maximum atomic E-state index is 6.74. The van der Waals surface area contributed by atoms with E-state index in [4.69, 9.17) is 8.83 Å². The Morgan fingerprint density at radius 3 is 1.96 bits per heavy atom. The molecule has 10 aromatic rings. The Kier molecular flexibility index (Phi) is 4.86. The maximum absolute atomic E-state index is 6.74. The zero-order valence-electron chi connectivity index (χ0n) is 25.3. The molecule has 0 saturated heterocycles. The minimum Gasteiger partial charge on any atom is -0.455 e. The first-order valence-electron chi connectivity index (χ1n) is 16.1. The minimum atomic E-state index is 0.870. The first-order chi connectivity index (χ1) is 23.3. The number of para-hydroxylation sites is 5. The third-order valence-corrected chi connectivity index (χ3v) is 9.92. The summed E-state index contributed by atoms with van der Waals surface area (Å²) < 4.78 is 18.3. The van der Waals surface area contributed by atoms with Crippen LogP contribution in [-0.2, 0) is 0 Å². The summed E-state index contributed by atoms with van der Waals surface area (Å²) in [6.45, 7) is 0. The van der Waals surface area contributed by atoms with Gasteiger partial charge in [-0.15, -0.1) is 0 Å². The van der Waals surface area contributed by atoms with Gasteiger partial charge in [0.25, 0.3) is 0 Å². The Labute approximate surface area is 268 Å². The van der Waals surface area contributed by atoms with E-state index in [1.54, 1.807) is 0 Å². The Morgan fingerprint density at radius 2 is 1.13 bits per heavy atom. The standard InChI is InChI=1S/C43H26N2O2/c1-2-14-28-30-16-10-21-37(42(30)46-38(28)22-3-1)45-35-25-24-31-29-15-6-9-23-39(29)47-43(31)40(35)32-17-11-20-36(41(32)45)44-33-18-7-4-12-26(33)27-13-5-8-19-34(27)44/h2-25H,1H2. The van der Waals surface area contributed by atoms with E-state index in [2.05, 4.69) is 149 Å². The fraction of sp³-hybridized carbons (Fsp3) is 0.0233. The molecule has 47 heavy (non-hydrogen) atoms. The molecule has 0 saturated carbocycles. The van der Waals surface area contributed by atoms with Crippen LogP contribution in [0.15, 0.2) is 142 Å². The highest BCUT2D eigenvalue weighted by Gasteiger charge is 2.25. The van der Waals surface area contributed by atoms with Gasteiger partial charge in [-0.25, -0.2) is 0 Å². The molecule has 1 aliphatic rings. The lowest BCUT2D eigenvalue weighted by Crippen LogP contribution is -2.01. The summed E-state index contributed by atoms with van der Waals surface area (Å²) in [6, 6.07) is 43.3. The first kappa shape index (κ1) is 25.0. The quantitative estimate of drug-likeness (QED) is 0.197. The van der Waals surface area contributed by atoms with Crippen molar-refractivity contribution in [2.45, 2.75) is 6.42 Å². The Balaban J connectivity index is 1.37. The molecule has 0 radical (unpaired) electrons. The second-order valence-electron chi connectivity index (χ2n) is 12.4. The number of hydrogen-bond donors (Lipinski definition) is 0. The summed E-state index contributed by atoms with van der Waals surface area (Å²) in [4.78, 5) is 0. The number of allylic oxidation sites excluding steroid dienone is 2. The zero-order chi connectivity index (χ0) is 30.6. The maximum Gasteiger partial charge on any atom is 0.159 e. The van der Waals surface area contributed by atoms with E-state index in [0.717, 1.165) is 83.8 Å². The van der Waals surface area contributed by atoms with Gasteiger partial charge in [-0.1, -0.05) is 97.1 Å². The fourth-order valence-corrected chi connectivity index (χ4v) is 7.98. The number of rotatable bonds is 2. The van der Waals surface area contributed by atoms with E-state index in [9.17, 15) is 0 Å². The molecular formula is C43H26N2O2. The van der Waals surface area contributed by atoms with Crippen LogP contribution >= 0.6 is 0 Å². The number of hydrogen-bond acceptors (Lipinski definition) is 2. The summed E-state index contributed by atoms with van der Waals surface area (Å²) in [7, 11) is 0. The van der Waals surface area contributed by atoms with E-state index in [0.29, 0.717) is 0 Å². The molecule has 4 heterocycles. The van der Waals surface area contributed by atoms with Crippen molar-refractivity contribution in [2.24, 2.45) is 0 Å². The molecule has 0 atom stereocenters. The summed E-state index contributed by atoms with van der Waals surface area (Å²) in [5.74, 6) is 0.893. The van der Waals surface area contributed by atoms with Gasteiger partial charge in [-0.05, 0) is 55.0 Å². The van der Waals surface area contributed by atoms with Crippen LogP contribution in [-0.4, -0.2) is 9.13 Å². The molecular weight excluding hydrogens is 576 g/mol. The van der Waals surface area contributed by atoms with Crippen molar-refractivity contribution in [1.82, 2.24) is 9.13 Å². The highest BCUT2D eigenvalue weighted by Crippen LogP contribution is 2.45. The summed E-state index contributed by atoms with van der Waals surface area (Å²) in [5.41, 5.74) is 10.4. The van der Waals surface area contributed by atoms with Crippen molar-refractivity contribution >= 4 is 88.7 Å². The number of benzene rings is 6. The average molecular weight is 603 g/mol. The van der Waals surface area contributed by atoms with Crippen LogP contribution in [0.2, 0.25) is 0 Å². The van der Waals surface area contributed by atoms with Gasteiger partial charge >= 0.3 is 0 Å². The van der Waals surface area contributed by atoms with Crippen LogP contribution in [0.4, 0.5) is 0 Å². The highest BCUT2D eigenvalue weighted by molar-refractivity contribution is 6.25. The van der Waals surface area contributed by atoms with E-state index in [1.165, 1.54) is 21.8 Å². The molecule has 0 N–H and O–H groups in total. The highest BCUT2D eigenvalue weighted by atomic mass is 16.3. The molecule has 0 spiro atoms. The second kappa shape index (κ2) is 9.15. The molecule has 0 amide bonds. The fourth-order valence-electron chi connectivity index (χ4n) is 7.98. The van der Waals surface area contributed by atoms with Crippen LogP contribution in [0.25, 0.3) is 100 Å². The van der Waals surface area contributed by atoms with Crippen LogP contribution in [0.5, 0.6) is 0 Å². The SMILES string of the molecule is C1=Cc2oc3c(-n4c5ccc6c7ccccc7oc6c5c5cccc(-n6c7ccccc7c7ccccc76)c54)cccc3c2C=CC1. The molecule has 1 aliphatic carbocycles. The van der Waals surface area contributed by atoms with Gasteiger partial charge in [0.15, 0.2) is 5.58 Å². The largest absolute Gasteiger partial charge is 0.455 e. The zero-order valence-corrected chi connectivity index (χ0v) is 25.3. The van der Waals surface area contributed by atoms with Gasteiger partial charge < -0.3 is 18.0 Å². The smallest absolute Gasteiger partial charge is 0.159 e. The predicted molar refractivity (Wildman–Crippen MR) is 195 cm³/mol. The van der Waals surface area contributed by atoms with Crippen molar-refractivity contribution in [3.05, 3.63) is 145 Å². The Bertz CT molecular complexity index is 2940. The van der Waals surface area contributed by atoms with Gasteiger partial charge in [0, 0.05) is 37.9 Å². The van der Waals surface area contributed by atoms with Crippen molar-refractivity contribution in [3.8, 4) is 11.4 Å². The molecule has 4 nitrogen and oxygen atoms in total. The van der Waals surface area contributed by atoms with Gasteiger partial charge in [-0.2, -0.15) is 0 Å². The molecule has 0 fully saturated rings. The monoisotopic (exact) mass is 602 g/mol. The van der Waals surface area contributed by atoms with Crippen LogP contribution in [0.3, 0.4) is 0 Å². The van der Waals surface area contributed by atoms with Crippen molar-refractivity contribution in [1.29, 1.82) is 0 Å². The van der Waals surface area contributed by atoms with E-state index in [1.807, 2.05) is 6.07 Å². The van der Waals surface area contributed by atoms with Gasteiger partial charge in [0.2, 0.25) is 0 Å². The molecule has 4 heteroatoms. The molecule has 6 aromatic carbocycles. The summed E-state index contributed by atoms with van der Waals surface area (Å²) in [6.07, 6.45) is 9.55. The Hall–Kier alpha value is -6.26. The summed E-state index contributed by atoms with van der Waals surface area (Å²) >= 11 is 0. The number of aromatic nitrogens is 2. The molecule has 4 aromatic heterocycles. The van der Waals surface area contributed by atoms with Crippen molar-refractivity contribution < 1.29 is 8.83 Å². The lowest BCUT2D eigenvalue weighted by atomic mass is 10.1. The van der Waals surface area contributed by atoms with E-state index >= 15 is 0 Å².